The maximum atomic E-state index is 12.9. The Hall–Kier alpha value is -2.73. The first kappa shape index (κ1) is 25.5. The summed E-state index contributed by atoms with van der Waals surface area (Å²) >= 11 is 1.43. The number of thioether (sulfide) groups is 1. The van der Waals surface area contributed by atoms with Crippen molar-refractivity contribution in [1.82, 2.24) is 9.80 Å². The fourth-order valence-corrected chi connectivity index (χ4v) is 4.73. The molecule has 3 unspecified atom stereocenters. The number of hydrogen-bond acceptors (Lipinski definition) is 6. The number of rotatable bonds is 8. The molecule has 9 heteroatoms. The summed E-state index contributed by atoms with van der Waals surface area (Å²) in [6.45, 7) is 8.30. The molecule has 32 heavy (non-hydrogen) atoms. The van der Waals surface area contributed by atoms with Crippen molar-refractivity contribution in [3.8, 4) is 6.07 Å². The molecule has 3 atom stereocenters. The van der Waals surface area contributed by atoms with Gasteiger partial charge in [-0.1, -0.05) is 26.8 Å². The van der Waals surface area contributed by atoms with Crippen LogP contribution < -0.4 is 10.6 Å². The van der Waals surface area contributed by atoms with Crippen LogP contribution in [0.25, 0.3) is 0 Å². The highest BCUT2D eigenvalue weighted by Gasteiger charge is 2.43. The molecule has 0 aromatic heterocycles. The number of carbonyl (C=O) groups is 3. The van der Waals surface area contributed by atoms with Crippen LogP contribution in [-0.4, -0.2) is 65.3 Å². The average Bonchev–Trinajstić information content (AvgIpc) is 3.04. The molecule has 2 rings (SSSR count). The third-order valence-electron chi connectivity index (χ3n) is 5.21. The number of carbonyl (C=O) groups excluding carboxylic acids is 3. The highest BCUT2D eigenvalue weighted by molar-refractivity contribution is 8.01. The quantitative estimate of drug-likeness (QED) is 0.611. The Kier molecular flexibility index (Phi) is 8.56. The molecule has 0 spiro atoms. The molecular weight excluding hydrogens is 426 g/mol. The fourth-order valence-electron chi connectivity index (χ4n) is 3.21. The monoisotopic (exact) mass is 463 g/mol. The van der Waals surface area contributed by atoms with E-state index in [0.29, 0.717) is 18.8 Å². The predicted octanol–water partition coefficient (Wildman–Crippen LogP) is 3.48. The Morgan fingerprint density at radius 2 is 1.97 bits per heavy atom. The Morgan fingerprint density at radius 3 is 2.53 bits per heavy atom. The van der Waals surface area contributed by atoms with Gasteiger partial charge in [0.1, 0.15) is 5.25 Å². The van der Waals surface area contributed by atoms with Crippen LogP contribution in [0.5, 0.6) is 0 Å². The van der Waals surface area contributed by atoms with Crippen LogP contribution in [-0.2, 0) is 14.4 Å². The molecule has 0 saturated carbocycles. The molecule has 0 aliphatic carbocycles. The van der Waals surface area contributed by atoms with Gasteiger partial charge in [0.15, 0.2) is 0 Å². The van der Waals surface area contributed by atoms with Gasteiger partial charge in [-0.05, 0) is 25.1 Å². The fraction of sp³-hybridized carbons (Fsp3) is 0.565. The zero-order valence-electron chi connectivity index (χ0n) is 19.6. The molecule has 1 aromatic rings. The minimum absolute atomic E-state index is 0. The second kappa shape index (κ2) is 10.7. The van der Waals surface area contributed by atoms with Crippen LogP contribution in [0.15, 0.2) is 24.3 Å². The number of nitrogens with one attached hydrogen (secondary N) is 2. The molecule has 8 nitrogen and oxygen atoms in total. The van der Waals surface area contributed by atoms with E-state index >= 15 is 0 Å². The van der Waals surface area contributed by atoms with E-state index in [0.717, 1.165) is 5.69 Å². The molecule has 1 heterocycles. The van der Waals surface area contributed by atoms with E-state index in [2.05, 4.69) is 16.7 Å². The second-order valence-corrected chi connectivity index (χ2v) is 10.4. The first-order chi connectivity index (χ1) is 15.0. The van der Waals surface area contributed by atoms with Gasteiger partial charge in [-0.25, -0.2) is 0 Å². The third-order valence-corrected chi connectivity index (χ3v) is 6.77. The Morgan fingerprint density at radius 1 is 1.31 bits per heavy atom. The maximum absolute atomic E-state index is 12.9. The van der Waals surface area contributed by atoms with Crippen molar-refractivity contribution in [2.24, 2.45) is 11.3 Å². The Labute approximate surface area is 197 Å². The molecule has 0 bridgehead atoms. The molecule has 0 radical (unpaired) electrons. The van der Waals surface area contributed by atoms with Gasteiger partial charge >= 0.3 is 0 Å². The molecule has 1 aliphatic rings. The van der Waals surface area contributed by atoms with Crippen LogP contribution in [0.4, 0.5) is 11.4 Å². The van der Waals surface area contributed by atoms with Gasteiger partial charge in [0, 0.05) is 53.2 Å². The standard InChI is InChI=1S/C23H33N5O3S.2H2/c1-7-28-20(30)18(32-21(28)15(13-24)11-19(29)27(5)6)14-25-16-9-8-10-17(12-16)26-22(31)23(2,3)4;;/h8-10,12,15,18,21,25H,7,11,14H2,1-6H3,(H,26,31);2*1H. The highest BCUT2D eigenvalue weighted by Crippen LogP contribution is 2.37. The molecule has 1 aromatic carbocycles. The third kappa shape index (κ3) is 6.39. The van der Waals surface area contributed by atoms with Crippen molar-refractivity contribution < 1.29 is 17.2 Å². The van der Waals surface area contributed by atoms with Crippen molar-refractivity contribution in [2.75, 3.05) is 37.8 Å². The smallest absolute Gasteiger partial charge is 0.238 e. The lowest BCUT2D eigenvalue weighted by atomic mass is 9.95. The van der Waals surface area contributed by atoms with Crippen LogP contribution in [0.2, 0.25) is 0 Å². The van der Waals surface area contributed by atoms with E-state index in [4.69, 9.17) is 0 Å². The number of nitrogens with zero attached hydrogens (tertiary/aromatic N) is 3. The summed E-state index contributed by atoms with van der Waals surface area (Å²) in [7, 11) is 3.32. The summed E-state index contributed by atoms with van der Waals surface area (Å²) in [6, 6.07) is 9.58. The molecule has 1 fully saturated rings. The lowest BCUT2D eigenvalue weighted by Crippen LogP contribution is -2.40. The molecule has 1 saturated heterocycles. The number of amides is 3. The Balaban J connectivity index is 0.00000544. The van der Waals surface area contributed by atoms with Crippen molar-refractivity contribution in [1.29, 1.82) is 5.26 Å². The van der Waals surface area contributed by atoms with E-state index in [1.807, 2.05) is 52.0 Å². The summed E-state index contributed by atoms with van der Waals surface area (Å²) in [6.07, 6.45) is 0.0839. The van der Waals surface area contributed by atoms with Gasteiger partial charge in [-0.15, -0.1) is 11.8 Å². The highest BCUT2D eigenvalue weighted by atomic mass is 32.2. The van der Waals surface area contributed by atoms with Crippen molar-refractivity contribution in [2.45, 2.75) is 44.7 Å². The molecular formula is C23H37N5O3S. The molecule has 178 valence electrons. The number of hydrogen-bond donors (Lipinski definition) is 2. The largest absolute Gasteiger partial charge is 0.383 e. The maximum Gasteiger partial charge on any atom is 0.238 e. The molecule has 2 N–H and O–H groups in total. The van der Waals surface area contributed by atoms with Gasteiger partial charge in [-0.2, -0.15) is 5.26 Å². The Bertz CT molecular complexity index is 901. The van der Waals surface area contributed by atoms with Gasteiger partial charge in [0.05, 0.1) is 17.4 Å². The topological polar surface area (TPSA) is 106 Å². The lowest BCUT2D eigenvalue weighted by Gasteiger charge is -2.26. The zero-order valence-corrected chi connectivity index (χ0v) is 20.5. The minimum Gasteiger partial charge on any atom is -0.383 e. The summed E-state index contributed by atoms with van der Waals surface area (Å²) in [5.41, 5.74) is 0.969. The average molecular weight is 464 g/mol. The van der Waals surface area contributed by atoms with Gasteiger partial charge in [-0.3, -0.25) is 14.4 Å². The minimum atomic E-state index is -0.570. The molecule has 3 amide bonds. The summed E-state index contributed by atoms with van der Waals surface area (Å²) in [5, 5.41) is 15.1. The van der Waals surface area contributed by atoms with Crippen molar-refractivity contribution in [3.63, 3.8) is 0 Å². The van der Waals surface area contributed by atoms with Gasteiger partial charge < -0.3 is 20.4 Å². The number of benzene rings is 1. The van der Waals surface area contributed by atoms with Crippen LogP contribution >= 0.6 is 11.8 Å². The first-order valence-electron chi connectivity index (χ1n) is 10.7. The van der Waals surface area contributed by atoms with E-state index < -0.39 is 11.3 Å². The van der Waals surface area contributed by atoms with Crippen molar-refractivity contribution >= 4 is 40.9 Å². The van der Waals surface area contributed by atoms with Crippen LogP contribution in [0, 0.1) is 22.7 Å². The summed E-state index contributed by atoms with van der Waals surface area (Å²) in [4.78, 5) is 40.4. The van der Waals surface area contributed by atoms with E-state index in [-0.39, 0.29) is 37.6 Å². The van der Waals surface area contributed by atoms with E-state index in [9.17, 15) is 19.6 Å². The zero-order chi connectivity index (χ0) is 24.1. The predicted molar refractivity (Wildman–Crippen MR) is 132 cm³/mol. The SMILES string of the molecule is CCN1C(=O)C(CNc2cccc(NC(=O)C(C)(C)C)c2)SC1C(C#N)CC(=O)N(C)C.[HH].[HH]. The van der Waals surface area contributed by atoms with Gasteiger partial charge in [0.25, 0.3) is 0 Å². The van der Waals surface area contributed by atoms with Crippen molar-refractivity contribution in [3.05, 3.63) is 24.3 Å². The van der Waals surface area contributed by atoms with E-state index in [1.165, 1.54) is 16.7 Å². The van der Waals surface area contributed by atoms with E-state index in [1.54, 1.807) is 19.0 Å². The number of anilines is 2. The summed E-state index contributed by atoms with van der Waals surface area (Å²) in [5.74, 6) is -0.812. The lowest BCUT2D eigenvalue weighted by molar-refractivity contribution is -0.132. The number of nitriles is 1. The summed E-state index contributed by atoms with van der Waals surface area (Å²) < 4.78 is 0. The first-order valence-corrected chi connectivity index (χ1v) is 11.6. The van der Waals surface area contributed by atoms with Crippen LogP contribution in [0.3, 0.4) is 0 Å². The van der Waals surface area contributed by atoms with Gasteiger partial charge in [0.2, 0.25) is 17.7 Å². The normalized spacial score (nSPS) is 19.3. The molecule has 1 aliphatic heterocycles. The van der Waals surface area contributed by atoms with Crippen LogP contribution in [0.1, 0.15) is 37.0 Å². The second-order valence-electron chi connectivity index (χ2n) is 9.03.